The van der Waals surface area contributed by atoms with Gasteiger partial charge in [-0.3, -0.25) is 4.21 Å². The number of carbonyl (C=O) groups is 1. The van der Waals surface area contributed by atoms with Crippen molar-refractivity contribution in [1.82, 2.24) is 4.90 Å². The first-order valence-corrected chi connectivity index (χ1v) is 7.90. The highest BCUT2D eigenvalue weighted by Crippen LogP contribution is 2.20. The Balaban J connectivity index is 2.08. The van der Waals surface area contributed by atoms with Crippen LogP contribution in [0.2, 0.25) is 0 Å². The van der Waals surface area contributed by atoms with Crippen LogP contribution in [0.5, 0.6) is 0 Å². The Kier molecular flexibility index (Phi) is 4.72. The molecule has 0 aliphatic carbocycles. The topological polar surface area (TPSA) is 69.6 Å². The number of anilines is 1. The lowest BCUT2D eigenvalue weighted by atomic mass is 10.2. The van der Waals surface area contributed by atoms with Crippen LogP contribution < -0.4 is 5.32 Å². The second-order valence-corrected chi connectivity index (χ2v) is 6.05. The van der Waals surface area contributed by atoms with Crippen LogP contribution in [0.3, 0.4) is 0 Å². The predicted octanol–water partition coefficient (Wildman–Crippen LogP) is 1.55. The summed E-state index contributed by atoms with van der Waals surface area (Å²) in [5.41, 5.74) is 0.310. The fraction of sp³-hybridized carbons (Fsp3) is 0.462. The second-order valence-electron chi connectivity index (χ2n) is 4.70. The lowest BCUT2D eigenvalue weighted by Gasteiger charge is -2.23. The third-order valence-electron chi connectivity index (χ3n) is 3.34. The van der Waals surface area contributed by atoms with Crippen molar-refractivity contribution in [2.45, 2.75) is 23.8 Å². The van der Waals surface area contributed by atoms with Gasteiger partial charge in [0.05, 0.1) is 28.3 Å². The molecule has 0 bridgehead atoms. The third-order valence-corrected chi connectivity index (χ3v) is 4.29. The van der Waals surface area contributed by atoms with E-state index in [0.29, 0.717) is 12.2 Å². The number of rotatable bonds is 3. The maximum Gasteiger partial charge on any atom is 0.322 e. The van der Waals surface area contributed by atoms with Crippen LogP contribution in [0, 0.1) is 5.82 Å². The number of amides is 2. The highest BCUT2D eigenvalue weighted by molar-refractivity contribution is 7.84. The predicted molar refractivity (Wildman–Crippen MR) is 74.6 cm³/mol. The minimum absolute atomic E-state index is 0.0739. The molecule has 1 saturated heterocycles. The summed E-state index contributed by atoms with van der Waals surface area (Å²) in [5.74, 6) is -0.608. The first-order valence-electron chi connectivity index (χ1n) is 6.34. The molecule has 2 atom stereocenters. The summed E-state index contributed by atoms with van der Waals surface area (Å²) < 4.78 is 24.9. The molecule has 1 fully saturated rings. The van der Waals surface area contributed by atoms with E-state index >= 15 is 0 Å². The number of benzene rings is 1. The fourth-order valence-electron chi connectivity index (χ4n) is 2.30. The van der Waals surface area contributed by atoms with Crippen LogP contribution in [0.25, 0.3) is 0 Å². The molecule has 1 heterocycles. The smallest absolute Gasteiger partial charge is 0.322 e. The van der Waals surface area contributed by atoms with Crippen LogP contribution >= 0.6 is 0 Å². The van der Waals surface area contributed by atoms with Crippen LogP contribution in [-0.2, 0) is 10.8 Å². The Morgan fingerprint density at radius 1 is 1.60 bits per heavy atom. The van der Waals surface area contributed by atoms with Gasteiger partial charge in [0.2, 0.25) is 0 Å². The van der Waals surface area contributed by atoms with Crippen molar-refractivity contribution in [3.8, 4) is 0 Å². The van der Waals surface area contributed by atoms with Crippen LogP contribution in [0.1, 0.15) is 12.8 Å². The van der Waals surface area contributed by atoms with E-state index in [4.69, 9.17) is 0 Å². The van der Waals surface area contributed by atoms with E-state index in [2.05, 4.69) is 5.32 Å². The van der Waals surface area contributed by atoms with Gasteiger partial charge in [-0.2, -0.15) is 0 Å². The second kappa shape index (κ2) is 6.32. The highest BCUT2D eigenvalue weighted by Gasteiger charge is 2.28. The summed E-state index contributed by atoms with van der Waals surface area (Å²) in [6.45, 7) is 0.506. The van der Waals surface area contributed by atoms with Crippen molar-refractivity contribution in [2.75, 3.05) is 24.7 Å². The van der Waals surface area contributed by atoms with E-state index in [9.17, 15) is 18.5 Å². The number of carbonyl (C=O) groups excluding carboxylic acids is 1. The Labute approximate surface area is 119 Å². The number of nitrogens with one attached hydrogen (secondary N) is 1. The van der Waals surface area contributed by atoms with E-state index in [1.807, 2.05) is 0 Å². The summed E-state index contributed by atoms with van der Waals surface area (Å²) in [5, 5.41) is 11.8. The van der Waals surface area contributed by atoms with Crippen molar-refractivity contribution in [1.29, 1.82) is 0 Å². The Bertz CT molecular complexity index is 538. The lowest BCUT2D eigenvalue weighted by molar-refractivity contribution is 0.166. The average molecular weight is 300 g/mol. The number of hydrogen-bond donors (Lipinski definition) is 2. The van der Waals surface area contributed by atoms with Crippen molar-refractivity contribution in [3.63, 3.8) is 0 Å². The van der Waals surface area contributed by atoms with Gasteiger partial charge < -0.3 is 15.3 Å². The fourth-order valence-corrected chi connectivity index (χ4v) is 2.89. The zero-order valence-electron chi connectivity index (χ0n) is 11.1. The van der Waals surface area contributed by atoms with Crippen LogP contribution in [-0.4, -0.2) is 45.7 Å². The molecule has 2 amide bonds. The van der Waals surface area contributed by atoms with Crippen molar-refractivity contribution in [3.05, 3.63) is 24.0 Å². The number of nitrogens with zero attached hydrogens (tertiary/aromatic N) is 1. The summed E-state index contributed by atoms with van der Waals surface area (Å²) in [6, 6.07) is 3.53. The van der Waals surface area contributed by atoms with Gasteiger partial charge in [-0.05, 0) is 31.0 Å². The number of urea groups is 1. The molecule has 2 N–H and O–H groups in total. The molecule has 1 aliphatic heterocycles. The molecular formula is C13H17FN2O3S. The van der Waals surface area contributed by atoms with Crippen molar-refractivity contribution in [2.24, 2.45) is 0 Å². The molecule has 2 rings (SSSR count). The third kappa shape index (κ3) is 3.16. The SMILES string of the molecule is CS(=O)c1ccc(NC(=O)N2CCC[C@@H]2CO)cc1F. The molecule has 1 aromatic carbocycles. The largest absolute Gasteiger partial charge is 0.394 e. The summed E-state index contributed by atoms with van der Waals surface area (Å²) in [4.78, 5) is 13.7. The Morgan fingerprint density at radius 2 is 2.35 bits per heavy atom. The maximum absolute atomic E-state index is 13.7. The summed E-state index contributed by atoms with van der Waals surface area (Å²) in [6.07, 6.45) is 3.01. The van der Waals surface area contributed by atoms with E-state index in [1.165, 1.54) is 18.4 Å². The number of hydrogen-bond acceptors (Lipinski definition) is 3. The maximum atomic E-state index is 13.7. The molecule has 110 valence electrons. The van der Waals surface area contributed by atoms with Crippen LogP contribution in [0.15, 0.2) is 23.1 Å². The molecule has 0 spiro atoms. The van der Waals surface area contributed by atoms with Gasteiger partial charge in [-0.15, -0.1) is 0 Å². The van der Waals surface area contributed by atoms with Gasteiger partial charge in [-0.25, -0.2) is 9.18 Å². The summed E-state index contributed by atoms with van der Waals surface area (Å²) >= 11 is 0. The summed E-state index contributed by atoms with van der Waals surface area (Å²) in [7, 11) is -1.40. The first-order chi connectivity index (χ1) is 9.52. The zero-order chi connectivity index (χ0) is 14.7. The minimum atomic E-state index is -1.40. The molecule has 7 heteroatoms. The lowest BCUT2D eigenvalue weighted by Crippen LogP contribution is -2.40. The first kappa shape index (κ1) is 14.9. The molecule has 0 saturated carbocycles. The number of aliphatic hydroxyl groups is 1. The van der Waals surface area contributed by atoms with Gasteiger partial charge in [0, 0.05) is 18.5 Å². The molecule has 0 aromatic heterocycles. The molecule has 1 unspecified atom stereocenters. The zero-order valence-corrected chi connectivity index (χ0v) is 12.0. The van der Waals surface area contributed by atoms with Gasteiger partial charge in [-0.1, -0.05) is 0 Å². The Hall–Kier alpha value is -1.47. The minimum Gasteiger partial charge on any atom is -0.394 e. The van der Waals surface area contributed by atoms with Gasteiger partial charge in [0.25, 0.3) is 0 Å². The van der Waals surface area contributed by atoms with E-state index in [0.717, 1.165) is 18.9 Å². The molecule has 1 aliphatic rings. The van der Waals surface area contributed by atoms with Gasteiger partial charge >= 0.3 is 6.03 Å². The number of halogens is 1. The monoisotopic (exact) mass is 300 g/mol. The molecule has 1 aromatic rings. The van der Waals surface area contributed by atoms with Crippen LogP contribution in [0.4, 0.5) is 14.9 Å². The van der Waals surface area contributed by atoms with Gasteiger partial charge in [0.15, 0.2) is 0 Å². The van der Waals surface area contributed by atoms with E-state index in [-0.39, 0.29) is 23.6 Å². The van der Waals surface area contributed by atoms with E-state index < -0.39 is 16.6 Å². The normalized spacial score (nSPS) is 19.9. The molecular weight excluding hydrogens is 283 g/mol. The highest BCUT2D eigenvalue weighted by atomic mass is 32.2. The number of aliphatic hydroxyl groups excluding tert-OH is 1. The Morgan fingerprint density at radius 3 is 2.95 bits per heavy atom. The number of likely N-dealkylation sites (tertiary alicyclic amines) is 1. The quantitative estimate of drug-likeness (QED) is 0.890. The van der Waals surface area contributed by atoms with Crippen molar-refractivity contribution < 1.29 is 18.5 Å². The molecule has 0 radical (unpaired) electrons. The molecule has 5 nitrogen and oxygen atoms in total. The molecule has 20 heavy (non-hydrogen) atoms. The van der Waals surface area contributed by atoms with Crippen molar-refractivity contribution >= 4 is 22.5 Å². The standard InChI is InChI=1S/C13H17FN2O3S/c1-20(19)12-5-4-9(7-11(12)14)15-13(18)16-6-2-3-10(16)8-17/h4-5,7,10,17H,2-3,6,8H2,1H3,(H,15,18)/t10-,20?/m1/s1. The average Bonchev–Trinajstić information content (AvgIpc) is 2.86. The van der Waals surface area contributed by atoms with Gasteiger partial charge in [0.1, 0.15) is 5.82 Å². The van der Waals surface area contributed by atoms with E-state index in [1.54, 1.807) is 4.90 Å².